The van der Waals surface area contributed by atoms with Crippen molar-refractivity contribution in [1.29, 1.82) is 0 Å². The number of rotatable bonds is 21. The highest BCUT2D eigenvalue weighted by atomic mass is 16.4. The predicted molar refractivity (Wildman–Crippen MR) is 158 cm³/mol. The van der Waals surface area contributed by atoms with E-state index in [-0.39, 0.29) is 30.6 Å². The van der Waals surface area contributed by atoms with Gasteiger partial charge in [-0.3, -0.25) is 14.4 Å². The van der Waals surface area contributed by atoms with Crippen LogP contribution in [0.25, 0.3) is 0 Å². The molecule has 6 nitrogen and oxygen atoms in total. The Bertz CT molecular complexity index is 791. The molecule has 0 heterocycles. The number of hydrogen-bond donors (Lipinski definition) is 3. The molecule has 1 aliphatic carbocycles. The maximum atomic E-state index is 13.8. The van der Waals surface area contributed by atoms with Crippen LogP contribution in [0, 0.1) is 40.4 Å². The lowest BCUT2D eigenvalue weighted by Crippen LogP contribution is -2.61. The van der Waals surface area contributed by atoms with Crippen molar-refractivity contribution in [2.24, 2.45) is 40.4 Å². The van der Waals surface area contributed by atoms with Crippen molar-refractivity contribution in [1.82, 2.24) is 0 Å². The van der Waals surface area contributed by atoms with Crippen molar-refractivity contribution < 1.29 is 29.7 Å². The van der Waals surface area contributed by atoms with Crippen molar-refractivity contribution in [3.63, 3.8) is 0 Å². The van der Waals surface area contributed by atoms with E-state index in [2.05, 4.69) is 34.6 Å². The first kappa shape index (κ1) is 35.2. The fraction of sp³-hybridized carbons (Fsp3) is 0.848. The van der Waals surface area contributed by atoms with Crippen LogP contribution in [0.4, 0.5) is 0 Å². The molecule has 0 radical (unpaired) electrons. The van der Waals surface area contributed by atoms with Crippen LogP contribution >= 0.6 is 0 Å². The summed E-state index contributed by atoms with van der Waals surface area (Å²) in [7, 11) is 0. The van der Waals surface area contributed by atoms with Gasteiger partial charge in [-0.05, 0) is 42.9 Å². The van der Waals surface area contributed by atoms with Gasteiger partial charge in [0.15, 0.2) is 0 Å². The van der Waals surface area contributed by atoms with Crippen LogP contribution in [-0.4, -0.2) is 33.2 Å². The van der Waals surface area contributed by atoms with Crippen LogP contribution in [0.2, 0.25) is 0 Å². The molecule has 1 aliphatic rings. The van der Waals surface area contributed by atoms with Crippen molar-refractivity contribution in [3.05, 3.63) is 12.2 Å². The van der Waals surface area contributed by atoms with Crippen LogP contribution in [0.1, 0.15) is 138 Å². The molecule has 6 heteroatoms. The molecule has 0 amide bonds. The van der Waals surface area contributed by atoms with Crippen LogP contribution in [-0.2, 0) is 14.4 Å². The molecule has 0 saturated heterocycles. The fourth-order valence-corrected chi connectivity index (χ4v) is 7.30. The number of hydrogen-bond acceptors (Lipinski definition) is 3. The van der Waals surface area contributed by atoms with E-state index in [1.807, 2.05) is 6.92 Å². The molecule has 0 fully saturated rings. The molecule has 39 heavy (non-hydrogen) atoms. The fourth-order valence-electron chi connectivity index (χ4n) is 7.30. The second-order valence-corrected chi connectivity index (χ2v) is 12.3. The van der Waals surface area contributed by atoms with Gasteiger partial charge < -0.3 is 15.3 Å². The summed E-state index contributed by atoms with van der Waals surface area (Å²) >= 11 is 0. The second-order valence-electron chi connectivity index (χ2n) is 12.3. The lowest BCUT2D eigenvalue weighted by molar-refractivity contribution is -0.187. The van der Waals surface area contributed by atoms with Crippen molar-refractivity contribution in [2.45, 2.75) is 138 Å². The normalized spacial score (nSPS) is 27.1. The zero-order valence-corrected chi connectivity index (χ0v) is 25.7. The summed E-state index contributed by atoms with van der Waals surface area (Å²) in [6.07, 6.45) is 14.7. The summed E-state index contributed by atoms with van der Waals surface area (Å²) in [6.45, 7) is 12.5. The van der Waals surface area contributed by atoms with Gasteiger partial charge in [-0.25, -0.2) is 0 Å². The molecule has 0 bridgehead atoms. The maximum Gasteiger partial charge on any atom is 0.314 e. The van der Waals surface area contributed by atoms with E-state index in [1.54, 1.807) is 6.08 Å². The number of carbonyl (C=O) groups is 3. The van der Waals surface area contributed by atoms with E-state index in [1.165, 1.54) is 6.08 Å². The Morgan fingerprint density at radius 3 is 1.54 bits per heavy atom. The Morgan fingerprint density at radius 1 is 0.692 bits per heavy atom. The van der Waals surface area contributed by atoms with Gasteiger partial charge in [-0.15, -0.1) is 0 Å². The van der Waals surface area contributed by atoms with Crippen LogP contribution in [0.5, 0.6) is 0 Å². The minimum atomic E-state index is -1.69. The summed E-state index contributed by atoms with van der Waals surface area (Å²) < 4.78 is 0. The van der Waals surface area contributed by atoms with E-state index >= 15 is 0 Å². The van der Waals surface area contributed by atoms with Crippen LogP contribution < -0.4 is 0 Å². The molecule has 0 aromatic rings. The lowest BCUT2D eigenvalue weighted by atomic mass is 9.45. The SMILES string of the molecule is CCCCC(CC)CC1C(C(=O)O)C=CC(CC(CC)CCCC)(C(=O)O)C1(CC(CC)CCCC)C(=O)O. The quantitative estimate of drug-likeness (QED) is 0.123. The predicted octanol–water partition coefficient (Wildman–Crippen LogP) is 8.83. The van der Waals surface area contributed by atoms with E-state index in [4.69, 9.17) is 0 Å². The van der Waals surface area contributed by atoms with E-state index in [0.717, 1.165) is 77.0 Å². The molecule has 0 saturated carbocycles. The summed E-state index contributed by atoms with van der Waals surface area (Å²) in [5.74, 6) is -4.84. The Balaban J connectivity index is 3.99. The first-order valence-electron chi connectivity index (χ1n) is 15.9. The molecule has 0 aromatic carbocycles. The highest BCUT2D eigenvalue weighted by Crippen LogP contribution is 2.62. The van der Waals surface area contributed by atoms with Gasteiger partial charge in [-0.1, -0.05) is 131 Å². The third kappa shape index (κ3) is 8.33. The van der Waals surface area contributed by atoms with Gasteiger partial charge in [-0.2, -0.15) is 0 Å². The van der Waals surface area contributed by atoms with E-state index in [9.17, 15) is 29.7 Å². The summed E-state index contributed by atoms with van der Waals surface area (Å²) in [5.41, 5.74) is -3.34. The Morgan fingerprint density at radius 2 is 1.15 bits per heavy atom. The molecule has 0 spiro atoms. The third-order valence-corrected chi connectivity index (χ3v) is 9.94. The first-order chi connectivity index (χ1) is 18.5. The monoisotopic (exact) mass is 550 g/mol. The molecule has 7 atom stereocenters. The van der Waals surface area contributed by atoms with Gasteiger partial charge in [0.2, 0.25) is 0 Å². The Kier molecular flexibility index (Phi) is 15.4. The molecule has 226 valence electrons. The topological polar surface area (TPSA) is 112 Å². The number of aliphatic carboxylic acids is 3. The molecule has 7 unspecified atom stereocenters. The highest BCUT2D eigenvalue weighted by Gasteiger charge is 2.67. The van der Waals surface area contributed by atoms with Crippen LogP contribution in [0.3, 0.4) is 0 Å². The molecule has 0 aromatic heterocycles. The number of carboxylic acids is 3. The molecular formula is C33H58O6. The van der Waals surface area contributed by atoms with Gasteiger partial charge in [0.05, 0.1) is 11.3 Å². The standard InChI is InChI=1S/C33H58O6/c1-7-13-16-24(10-4)21-28-27(29(34)35)19-20-32(30(36)37,22-25(11-5)17-14-8-2)33(28,31(38)39)23-26(12-6)18-15-9-3/h19-20,24-28H,7-18,21-23H2,1-6H3,(H,34,35)(H,36,37)(H,38,39). The van der Waals surface area contributed by atoms with Gasteiger partial charge >= 0.3 is 17.9 Å². The third-order valence-electron chi connectivity index (χ3n) is 9.94. The lowest BCUT2D eigenvalue weighted by Gasteiger charge is -2.54. The van der Waals surface area contributed by atoms with Gasteiger partial charge in [0, 0.05) is 0 Å². The minimum Gasteiger partial charge on any atom is -0.481 e. The summed E-state index contributed by atoms with van der Waals surface area (Å²) in [6, 6.07) is 0. The van der Waals surface area contributed by atoms with Crippen LogP contribution in [0.15, 0.2) is 12.2 Å². The molecule has 3 N–H and O–H groups in total. The van der Waals surface area contributed by atoms with Crippen molar-refractivity contribution >= 4 is 17.9 Å². The average Bonchev–Trinajstić information content (AvgIpc) is 2.91. The van der Waals surface area contributed by atoms with E-state index < -0.39 is 40.6 Å². The highest BCUT2D eigenvalue weighted by molar-refractivity contribution is 5.91. The summed E-state index contributed by atoms with van der Waals surface area (Å²) in [4.78, 5) is 40.0. The van der Waals surface area contributed by atoms with Crippen molar-refractivity contribution in [3.8, 4) is 0 Å². The smallest absolute Gasteiger partial charge is 0.314 e. The number of carboxylic acid groups (broad SMARTS) is 3. The maximum absolute atomic E-state index is 13.8. The van der Waals surface area contributed by atoms with Gasteiger partial charge in [0.1, 0.15) is 5.41 Å². The van der Waals surface area contributed by atoms with Crippen molar-refractivity contribution in [2.75, 3.05) is 0 Å². The largest absolute Gasteiger partial charge is 0.481 e. The number of unbranched alkanes of at least 4 members (excludes halogenated alkanes) is 3. The summed E-state index contributed by atoms with van der Waals surface area (Å²) in [5, 5.41) is 32.6. The molecular weight excluding hydrogens is 492 g/mol. The Labute approximate surface area is 238 Å². The zero-order valence-electron chi connectivity index (χ0n) is 25.7. The Hall–Kier alpha value is -1.85. The first-order valence-corrected chi connectivity index (χ1v) is 15.9. The van der Waals surface area contributed by atoms with E-state index in [0.29, 0.717) is 6.42 Å². The second kappa shape index (κ2) is 17.1. The zero-order chi connectivity index (χ0) is 29.6. The molecule has 0 aliphatic heterocycles. The van der Waals surface area contributed by atoms with Gasteiger partial charge in [0.25, 0.3) is 0 Å². The minimum absolute atomic E-state index is 0.0228. The average molecular weight is 551 g/mol. The molecule has 1 rings (SSSR count).